The molecule has 302 valence electrons. The summed E-state index contributed by atoms with van der Waals surface area (Å²) in [6.07, 6.45) is 7.04. The number of pyridine rings is 1. The molecule has 2 saturated heterocycles. The Kier molecular flexibility index (Phi) is 12.5. The molecule has 3 fully saturated rings. The molecule has 1 saturated carbocycles. The van der Waals surface area contributed by atoms with Crippen molar-refractivity contribution in [2.24, 2.45) is 0 Å². The molecule has 5 heterocycles. The van der Waals surface area contributed by atoms with Crippen LogP contribution in [0.4, 0.5) is 4.39 Å². The van der Waals surface area contributed by atoms with Crippen molar-refractivity contribution < 1.29 is 18.7 Å². The summed E-state index contributed by atoms with van der Waals surface area (Å²) in [5.41, 5.74) is 6.38. The number of carbonyl (C=O) groups excluding carboxylic acids is 2. The number of aromatic nitrogens is 3. The van der Waals surface area contributed by atoms with Gasteiger partial charge >= 0.3 is 0 Å². The van der Waals surface area contributed by atoms with Crippen molar-refractivity contribution in [1.29, 1.82) is 0 Å². The second-order valence-electron chi connectivity index (χ2n) is 16.4. The van der Waals surface area contributed by atoms with Crippen molar-refractivity contribution in [3.05, 3.63) is 94.7 Å². The zero-order chi connectivity index (χ0) is 39.3. The van der Waals surface area contributed by atoms with Crippen LogP contribution < -0.4 is 20.7 Å². The lowest BCUT2D eigenvalue weighted by Crippen LogP contribution is -2.53. The first-order valence-electron chi connectivity index (χ1n) is 20.7. The Balaban J connectivity index is 0.930. The molecule has 4 aliphatic rings. The fourth-order valence-corrected chi connectivity index (χ4v) is 9.91. The fourth-order valence-electron chi connectivity index (χ4n) is 8.93. The lowest BCUT2D eigenvalue weighted by molar-refractivity contribution is 0.0887. The van der Waals surface area contributed by atoms with Gasteiger partial charge in [-0.05, 0) is 105 Å². The van der Waals surface area contributed by atoms with E-state index >= 15 is 0 Å². The highest BCUT2D eigenvalue weighted by atomic mass is 32.2. The van der Waals surface area contributed by atoms with Crippen LogP contribution in [0.25, 0.3) is 11.1 Å². The summed E-state index contributed by atoms with van der Waals surface area (Å²) in [4.78, 5) is 35.9. The van der Waals surface area contributed by atoms with Crippen LogP contribution in [0.3, 0.4) is 0 Å². The van der Waals surface area contributed by atoms with Gasteiger partial charge in [0.15, 0.2) is 0 Å². The molecule has 8 rings (SSSR count). The third-order valence-electron chi connectivity index (χ3n) is 11.7. The number of rotatable bonds is 11. The molecule has 4 aromatic rings. The normalized spacial score (nSPS) is 23.1. The second kappa shape index (κ2) is 18.1. The van der Waals surface area contributed by atoms with E-state index in [-0.39, 0.29) is 29.4 Å². The van der Waals surface area contributed by atoms with Crippen LogP contribution in [-0.4, -0.2) is 98.2 Å². The SMILES string of the molecule is C[C@@H]1CN(Cc2ccc(-c3cccc(Oc4ncc(F)cc4C(=O)NC4CCC(NC(=O)c5cc6n(n5)CCCC6)CC4)c3)c(CN3CCSCC3)c2)C[C@@H](C)N1. The van der Waals surface area contributed by atoms with Crippen molar-refractivity contribution in [2.45, 2.75) is 103 Å². The van der Waals surface area contributed by atoms with Gasteiger partial charge in [0.25, 0.3) is 11.8 Å². The van der Waals surface area contributed by atoms with Crippen molar-refractivity contribution >= 4 is 23.6 Å². The molecule has 0 unspecified atom stereocenters. The van der Waals surface area contributed by atoms with E-state index in [1.807, 2.05) is 40.7 Å². The Labute approximate surface area is 339 Å². The number of thioether (sulfide) groups is 1. The first-order chi connectivity index (χ1) is 27.7. The van der Waals surface area contributed by atoms with E-state index in [0.29, 0.717) is 36.4 Å². The van der Waals surface area contributed by atoms with Crippen LogP contribution in [0.2, 0.25) is 0 Å². The summed E-state index contributed by atoms with van der Waals surface area (Å²) in [5, 5.41) is 14.4. The van der Waals surface area contributed by atoms with Crippen molar-refractivity contribution in [1.82, 2.24) is 40.5 Å². The van der Waals surface area contributed by atoms with Crippen LogP contribution in [0.1, 0.15) is 90.0 Å². The molecule has 1 aliphatic carbocycles. The molecule has 2 aromatic carbocycles. The number of fused-ring (bicyclic) bond motifs is 1. The molecule has 2 atom stereocenters. The van der Waals surface area contributed by atoms with E-state index in [1.165, 1.54) is 17.2 Å². The summed E-state index contributed by atoms with van der Waals surface area (Å²) in [7, 11) is 0. The maximum absolute atomic E-state index is 14.6. The Morgan fingerprint density at radius 2 is 1.63 bits per heavy atom. The Morgan fingerprint density at radius 3 is 2.39 bits per heavy atom. The molecule has 13 heteroatoms. The molecule has 3 N–H and O–H groups in total. The molecule has 3 aliphatic heterocycles. The van der Waals surface area contributed by atoms with Crippen molar-refractivity contribution in [3.63, 3.8) is 0 Å². The molecule has 0 radical (unpaired) electrons. The fraction of sp³-hybridized carbons (Fsp3) is 0.500. The molecule has 0 spiro atoms. The number of nitrogens with one attached hydrogen (secondary N) is 3. The summed E-state index contributed by atoms with van der Waals surface area (Å²) in [6, 6.07) is 18.6. The quantitative estimate of drug-likeness (QED) is 0.158. The molecule has 0 bridgehead atoms. The third-order valence-corrected chi connectivity index (χ3v) is 12.6. The maximum atomic E-state index is 14.6. The zero-order valence-electron chi connectivity index (χ0n) is 33.1. The van der Waals surface area contributed by atoms with E-state index in [2.05, 4.69) is 73.9 Å². The highest BCUT2D eigenvalue weighted by Gasteiger charge is 2.28. The lowest BCUT2D eigenvalue weighted by atomic mass is 9.91. The minimum absolute atomic E-state index is 0.00168. The second-order valence-corrected chi connectivity index (χ2v) is 17.6. The highest BCUT2D eigenvalue weighted by molar-refractivity contribution is 7.99. The number of carbonyl (C=O) groups is 2. The van der Waals surface area contributed by atoms with Gasteiger partial charge in [0, 0.05) is 87.2 Å². The van der Waals surface area contributed by atoms with Gasteiger partial charge in [-0.15, -0.1) is 0 Å². The standard InChI is InChI=1S/C44H55FN8O3S/c1-29-25-52(26-30(2)47-29)27-31-9-14-39(33(20-31)28-51-16-18-57-19-17-51)32-6-5-8-38(21-32)56-44-40(22-34(45)24-46-44)42(54)48-35-10-12-36(13-11-35)49-43(55)41-23-37-7-3-4-15-53(37)50-41/h5-6,8-9,14,20-24,29-30,35-36,47H,3-4,7,10-13,15-19,25-28H2,1-2H3,(H,48,54)(H,49,55)/t29-,30-,35?,36?/m1/s1. The maximum Gasteiger partial charge on any atom is 0.272 e. The number of benzene rings is 2. The van der Waals surface area contributed by atoms with Gasteiger partial charge in [0.1, 0.15) is 22.8 Å². The van der Waals surface area contributed by atoms with Crippen LogP contribution in [0.5, 0.6) is 11.6 Å². The zero-order valence-corrected chi connectivity index (χ0v) is 34.0. The number of aryl methyl sites for hydroxylation is 2. The number of piperazine rings is 1. The largest absolute Gasteiger partial charge is 0.438 e. The topological polar surface area (TPSA) is 117 Å². The highest BCUT2D eigenvalue weighted by Crippen LogP contribution is 2.33. The summed E-state index contributed by atoms with van der Waals surface area (Å²) in [6.45, 7) is 11.3. The molecule has 2 aromatic heterocycles. The van der Waals surface area contributed by atoms with Crippen LogP contribution in [0, 0.1) is 5.82 Å². The molecular weight excluding hydrogens is 740 g/mol. The van der Waals surface area contributed by atoms with E-state index in [9.17, 15) is 14.0 Å². The van der Waals surface area contributed by atoms with Gasteiger partial charge in [0.2, 0.25) is 5.88 Å². The summed E-state index contributed by atoms with van der Waals surface area (Å²) < 4.78 is 22.8. The lowest BCUT2D eigenvalue weighted by Gasteiger charge is -2.36. The average molecular weight is 795 g/mol. The van der Waals surface area contributed by atoms with Crippen LogP contribution in [0.15, 0.2) is 60.8 Å². The van der Waals surface area contributed by atoms with Gasteiger partial charge in [-0.25, -0.2) is 9.37 Å². The smallest absolute Gasteiger partial charge is 0.272 e. The third kappa shape index (κ3) is 10.1. The number of ether oxygens (including phenoxy) is 1. The predicted octanol–water partition coefficient (Wildman–Crippen LogP) is 6.41. The summed E-state index contributed by atoms with van der Waals surface area (Å²) >= 11 is 2.01. The summed E-state index contributed by atoms with van der Waals surface area (Å²) in [5.74, 6) is 1.66. The monoisotopic (exact) mass is 794 g/mol. The first kappa shape index (κ1) is 39.5. The minimum Gasteiger partial charge on any atom is -0.438 e. The van der Waals surface area contributed by atoms with Crippen molar-refractivity contribution in [3.8, 4) is 22.8 Å². The van der Waals surface area contributed by atoms with E-state index in [1.54, 1.807) is 0 Å². The molecule has 57 heavy (non-hydrogen) atoms. The average Bonchev–Trinajstić information content (AvgIpc) is 3.65. The number of hydrogen-bond acceptors (Lipinski definition) is 9. The Morgan fingerprint density at radius 1 is 0.877 bits per heavy atom. The Hall–Kier alpha value is -4.30. The number of nitrogens with zero attached hydrogens (tertiary/aromatic N) is 5. The number of halogens is 1. The van der Waals surface area contributed by atoms with E-state index in [4.69, 9.17) is 4.74 Å². The molecular formula is C44H55FN8O3S. The van der Waals surface area contributed by atoms with Crippen LogP contribution in [-0.2, 0) is 26.1 Å². The van der Waals surface area contributed by atoms with Gasteiger partial charge in [-0.3, -0.25) is 24.1 Å². The van der Waals surface area contributed by atoms with E-state index in [0.717, 1.165) is 112 Å². The Bertz CT molecular complexity index is 2010. The first-order valence-corrected chi connectivity index (χ1v) is 21.9. The number of hydrogen-bond donors (Lipinski definition) is 3. The van der Waals surface area contributed by atoms with Crippen LogP contribution >= 0.6 is 11.8 Å². The predicted molar refractivity (Wildman–Crippen MR) is 222 cm³/mol. The molecule has 2 amide bonds. The molecule has 11 nitrogen and oxygen atoms in total. The van der Waals surface area contributed by atoms with E-state index < -0.39 is 11.7 Å². The minimum atomic E-state index is -0.612. The number of amides is 2. The van der Waals surface area contributed by atoms with Gasteiger partial charge < -0.3 is 20.7 Å². The van der Waals surface area contributed by atoms with Gasteiger partial charge in [0.05, 0.1) is 6.20 Å². The van der Waals surface area contributed by atoms with Gasteiger partial charge in [-0.2, -0.15) is 16.9 Å². The van der Waals surface area contributed by atoms with Gasteiger partial charge in [-0.1, -0.05) is 30.3 Å². The van der Waals surface area contributed by atoms with Crippen molar-refractivity contribution in [2.75, 3.05) is 37.7 Å².